The summed E-state index contributed by atoms with van der Waals surface area (Å²) in [7, 11) is 0. The molecule has 0 aliphatic rings. The summed E-state index contributed by atoms with van der Waals surface area (Å²) in [5, 5.41) is 3.58. The zero-order valence-electron chi connectivity index (χ0n) is 13.3. The SMILES string of the molecule is Cc1cc(=O)n(CC(=O)NCc2sc(-c3ccco3)nc2C)cn1. The van der Waals surface area contributed by atoms with Gasteiger partial charge in [-0.1, -0.05) is 0 Å². The lowest BCUT2D eigenvalue weighted by Crippen LogP contribution is -2.31. The van der Waals surface area contributed by atoms with Gasteiger partial charge in [0.15, 0.2) is 10.8 Å². The number of furan rings is 1. The van der Waals surface area contributed by atoms with Crippen LogP contribution in [-0.2, 0) is 17.9 Å². The maximum Gasteiger partial charge on any atom is 0.253 e. The van der Waals surface area contributed by atoms with E-state index in [1.165, 1.54) is 28.3 Å². The van der Waals surface area contributed by atoms with Crippen LogP contribution < -0.4 is 10.9 Å². The summed E-state index contributed by atoms with van der Waals surface area (Å²) in [5.74, 6) is 0.452. The van der Waals surface area contributed by atoms with Crippen LogP contribution in [0.25, 0.3) is 10.8 Å². The number of thiazole rings is 1. The fourth-order valence-corrected chi connectivity index (χ4v) is 3.09. The van der Waals surface area contributed by atoms with Crippen LogP contribution in [0.4, 0.5) is 0 Å². The highest BCUT2D eigenvalue weighted by Gasteiger charge is 2.12. The van der Waals surface area contributed by atoms with Crippen molar-refractivity contribution in [2.24, 2.45) is 0 Å². The van der Waals surface area contributed by atoms with Gasteiger partial charge in [0.1, 0.15) is 6.54 Å². The fourth-order valence-electron chi connectivity index (χ4n) is 2.12. The number of nitrogens with zero attached hydrogens (tertiary/aromatic N) is 3. The molecule has 124 valence electrons. The molecule has 24 heavy (non-hydrogen) atoms. The van der Waals surface area contributed by atoms with Crippen LogP contribution in [0.15, 0.2) is 40.0 Å². The summed E-state index contributed by atoms with van der Waals surface area (Å²) in [6.07, 6.45) is 2.98. The van der Waals surface area contributed by atoms with E-state index in [0.717, 1.165) is 15.6 Å². The third-order valence-corrected chi connectivity index (χ3v) is 4.57. The summed E-state index contributed by atoms with van der Waals surface area (Å²) in [5.41, 5.74) is 1.23. The number of carbonyl (C=O) groups excluding carboxylic acids is 1. The highest BCUT2D eigenvalue weighted by Crippen LogP contribution is 2.27. The molecule has 0 bridgehead atoms. The molecule has 0 radical (unpaired) electrons. The maximum atomic E-state index is 12.0. The Bertz CT molecular complexity index is 912. The van der Waals surface area contributed by atoms with Crippen LogP contribution in [0.2, 0.25) is 0 Å². The molecule has 0 fully saturated rings. The summed E-state index contributed by atoms with van der Waals surface area (Å²) >= 11 is 1.47. The number of nitrogens with one attached hydrogen (secondary N) is 1. The Balaban J connectivity index is 1.63. The Morgan fingerprint density at radius 3 is 2.96 bits per heavy atom. The van der Waals surface area contributed by atoms with Gasteiger partial charge < -0.3 is 9.73 Å². The van der Waals surface area contributed by atoms with E-state index in [-0.39, 0.29) is 18.0 Å². The zero-order chi connectivity index (χ0) is 17.1. The number of rotatable bonds is 5. The largest absolute Gasteiger partial charge is 0.462 e. The van der Waals surface area contributed by atoms with Crippen LogP contribution in [-0.4, -0.2) is 20.4 Å². The van der Waals surface area contributed by atoms with Gasteiger partial charge in [0, 0.05) is 16.6 Å². The standard InChI is InChI=1S/C16H16N4O3S/c1-10-6-15(22)20(9-18-10)8-14(21)17-7-13-11(2)19-16(24-13)12-4-3-5-23-12/h3-6,9H,7-8H2,1-2H3,(H,17,21). The third kappa shape index (κ3) is 3.60. The second-order valence-corrected chi connectivity index (χ2v) is 6.36. The minimum atomic E-state index is -0.255. The van der Waals surface area contributed by atoms with Crippen molar-refractivity contribution in [2.75, 3.05) is 0 Å². The van der Waals surface area contributed by atoms with E-state index in [2.05, 4.69) is 15.3 Å². The van der Waals surface area contributed by atoms with Crippen LogP contribution in [0, 0.1) is 13.8 Å². The molecule has 0 spiro atoms. The summed E-state index contributed by atoms with van der Waals surface area (Å²) in [4.78, 5) is 33.2. The van der Waals surface area contributed by atoms with Crippen LogP contribution in [0.1, 0.15) is 16.3 Å². The van der Waals surface area contributed by atoms with E-state index >= 15 is 0 Å². The number of amides is 1. The normalized spacial score (nSPS) is 10.8. The first-order valence-corrected chi connectivity index (χ1v) is 8.14. The topological polar surface area (TPSA) is 90.0 Å². The van der Waals surface area contributed by atoms with Crippen molar-refractivity contribution in [3.63, 3.8) is 0 Å². The Morgan fingerprint density at radius 2 is 2.25 bits per heavy atom. The van der Waals surface area contributed by atoms with Gasteiger partial charge in [0.2, 0.25) is 5.91 Å². The molecular formula is C16H16N4O3S. The highest BCUT2D eigenvalue weighted by molar-refractivity contribution is 7.15. The molecule has 0 aromatic carbocycles. The number of aryl methyl sites for hydroxylation is 2. The Morgan fingerprint density at radius 1 is 1.42 bits per heavy atom. The number of hydrogen-bond donors (Lipinski definition) is 1. The Hall–Kier alpha value is -2.74. The summed E-state index contributed by atoms with van der Waals surface area (Å²) in [6, 6.07) is 5.05. The molecule has 3 rings (SSSR count). The predicted octanol–water partition coefficient (Wildman–Crippen LogP) is 1.89. The molecule has 3 heterocycles. The lowest BCUT2D eigenvalue weighted by molar-refractivity contribution is -0.121. The molecule has 0 atom stereocenters. The molecule has 0 saturated carbocycles. The Labute approximate surface area is 142 Å². The lowest BCUT2D eigenvalue weighted by Gasteiger charge is -2.06. The van der Waals surface area contributed by atoms with Gasteiger partial charge >= 0.3 is 0 Å². The van der Waals surface area contributed by atoms with E-state index in [0.29, 0.717) is 18.0 Å². The van der Waals surface area contributed by atoms with Crippen molar-refractivity contribution in [1.82, 2.24) is 19.9 Å². The summed E-state index contributed by atoms with van der Waals surface area (Å²) < 4.78 is 6.60. The van der Waals surface area contributed by atoms with Gasteiger partial charge in [-0.15, -0.1) is 11.3 Å². The second-order valence-electron chi connectivity index (χ2n) is 5.28. The molecule has 1 N–H and O–H groups in total. The smallest absolute Gasteiger partial charge is 0.253 e. The van der Waals surface area contributed by atoms with Gasteiger partial charge in [-0.05, 0) is 26.0 Å². The van der Waals surface area contributed by atoms with E-state index in [4.69, 9.17) is 4.42 Å². The number of hydrogen-bond acceptors (Lipinski definition) is 6. The molecule has 3 aromatic heterocycles. The molecule has 3 aromatic rings. The van der Waals surface area contributed by atoms with Crippen LogP contribution >= 0.6 is 11.3 Å². The average molecular weight is 344 g/mol. The minimum Gasteiger partial charge on any atom is -0.462 e. The number of carbonyl (C=O) groups is 1. The molecular weight excluding hydrogens is 328 g/mol. The predicted molar refractivity (Wildman–Crippen MR) is 89.6 cm³/mol. The number of aromatic nitrogens is 3. The van der Waals surface area contributed by atoms with Crippen molar-refractivity contribution in [3.05, 3.63) is 57.4 Å². The highest BCUT2D eigenvalue weighted by atomic mass is 32.1. The van der Waals surface area contributed by atoms with Gasteiger partial charge in [0.25, 0.3) is 5.56 Å². The van der Waals surface area contributed by atoms with Gasteiger partial charge in [-0.3, -0.25) is 14.2 Å². The molecule has 1 amide bonds. The molecule has 0 aliphatic heterocycles. The van der Waals surface area contributed by atoms with Crippen molar-refractivity contribution in [3.8, 4) is 10.8 Å². The van der Waals surface area contributed by atoms with E-state index in [1.807, 2.05) is 13.0 Å². The molecule has 0 aliphatic carbocycles. The third-order valence-electron chi connectivity index (χ3n) is 3.40. The monoisotopic (exact) mass is 344 g/mol. The zero-order valence-corrected chi connectivity index (χ0v) is 14.1. The quantitative estimate of drug-likeness (QED) is 0.763. The molecule has 0 saturated heterocycles. The molecule has 0 unspecified atom stereocenters. The van der Waals surface area contributed by atoms with Crippen molar-refractivity contribution >= 4 is 17.2 Å². The average Bonchev–Trinajstić information content (AvgIpc) is 3.17. The second kappa shape index (κ2) is 6.79. The lowest BCUT2D eigenvalue weighted by atomic mass is 10.4. The molecule has 7 nitrogen and oxygen atoms in total. The first-order chi connectivity index (χ1) is 11.5. The van der Waals surface area contributed by atoms with Gasteiger partial charge in [-0.25, -0.2) is 9.97 Å². The van der Waals surface area contributed by atoms with Crippen LogP contribution in [0.3, 0.4) is 0 Å². The van der Waals surface area contributed by atoms with Crippen molar-refractivity contribution < 1.29 is 9.21 Å². The summed E-state index contributed by atoms with van der Waals surface area (Å²) in [6.45, 7) is 3.92. The Kier molecular flexibility index (Phi) is 4.57. The minimum absolute atomic E-state index is 0.0605. The van der Waals surface area contributed by atoms with E-state index < -0.39 is 0 Å². The van der Waals surface area contributed by atoms with Crippen molar-refractivity contribution in [2.45, 2.75) is 26.9 Å². The van der Waals surface area contributed by atoms with Gasteiger partial charge in [0.05, 0.1) is 24.8 Å². The van der Waals surface area contributed by atoms with Crippen LogP contribution in [0.5, 0.6) is 0 Å². The van der Waals surface area contributed by atoms with E-state index in [9.17, 15) is 9.59 Å². The van der Waals surface area contributed by atoms with Gasteiger partial charge in [-0.2, -0.15) is 0 Å². The fraction of sp³-hybridized carbons (Fsp3) is 0.250. The first kappa shape index (κ1) is 16.1. The first-order valence-electron chi connectivity index (χ1n) is 7.33. The van der Waals surface area contributed by atoms with Crippen molar-refractivity contribution in [1.29, 1.82) is 0 Å². The maximum absolute atomic E-state index is 12.0. The van der Waals surface area contributed by atoms with E-state index in [1.54, 1.807) is 19.3 Å². The molecule has 8 heteroatoms.